The Morgan fingerprint density at radius 2 is 0.952 bits per heavy atom. The van der Waals surface area contributed by atoms with Crippen molar-refractivity contribution in [2.24, 2.45) is 5.90 Å². The minimum atomic E-state index is -0.837. The smallest absolute Gasteiger partial charge is 0.320 e. The minimum absolute atomic E-state index is 0. The first-order valence-electron chi connectivity index (χ1n) is 19.9. The van der Waals surface area contributed by atoms with Gasteiger partial charge in [-0.1, -0.05) is 154 Å². The van der Waals surface area contributed by atoms with Crippen molar-refractivity contribution in [3.63, 3.8) is 0 Å². The normalized spacial score (nSPS) is 9.51. The number of nitrogens with two attached hydrogens (primary N) is 1. The van der Waals surface area contributed by atoms with Crippen molar-refractivity contribution < 1.29 is 127 Å². The van der Waals surface area contributed by atoms with Gasteiger partial charge in [-0.2, -0.15) is 27.0 Å². The Balaban J connectivity index is -0.0000000725. The number of carboxylic acids is 2. The van der Waals surface area contributed by atoms with E-state index in [2.05, 4.69) is 56.1 Å². The van der Waals surface area contributed by atoms with Gasteiger partial charge in [0.25, 0.3) is 0 Å². The molecule has 0 spiro atoms. The first-order chi connectivity index (χ1) is 24.5. The molecule has 0 aliphatic heterocycles. The van der Waals surface area contributed by atoms with Crippen LogP contribution in [0, 0.1) is 0 Å². The number of hydrogen-bond donors (Lipinski definition) is 9. The average Bonchev–Trinajstić information content (AvgIpc) is 3.10. The number of aliphatic hydroxyl groups is 1. The average molecular weight is 1370 g/mol. The SMILES string of the molecule is C.C.C.C.C=C(O)[C@H](CCC(=O)NCCCC[C@H](NC(CCC)CCC)C(=O)O)NC(=O)CCCCCCCCCCCCCCC(=O)O.CCCC.I.I.N.NO.S.S.[3HH].[HH].[V].[Y].[Y]. The Morgan fingerprint density at radius 1 is 0.571 bits per heavy atom. The van der Waals surface area contributed by atoms with E-state index in [-0.39, 0.29) is 241 Å². The molecule has 0 aromatic heterocycles. The summed E-state index contributed by atoms with van der Waals surface area (Å²) >= 11 is 0. The van der Waals surface area contributed by atoms with E-state index < -0.39 is 24.0 Å². The number of amides is 2. The van der Waals surface area contributed by atoms with Crippen LogP contribution >= 0.6 is 74.9 Å². The Labute approximate surface area is 502 Å². The molecule has 12 N–H and O–H groups in total. The molecule has 0 rings (SSSR count). The van der Waals surface area contributed by atoms with Crippen molar-refractivity contribution in [2.75, 3.05) is 6.54 Å². The van der Waals surface area contributed by atoms with Gasteiger partial charge in [-0.3, -0.25) is 19.2 Å². The number of rotatable bonds is 33. The van der Waals surface area contributed by atoms with Gasteiger partial charge in [-0.25, -0.2) is 5.90 Å². The van der Waals surface area contributed by atoms with Crippen molar-refractivity contribution in [3.05, 3.63) is 12.3 Å². The molecule has 0 fully saturated rings. The first kappa shape index (κ1) is 107. The van der Waals surface area contributed by atoms with Crippen molar-refractivity contribution in [2.45, 2.75) is 236 Å². The van der Waals surface area contributed by atoms with Gasteiger partial charge in [0.15, 0.2) is 0 Å². The van der Waals surface area contributed by atoms with Crippen molar-refractivity contribution in [1.82, 2.24) is 22.1 Å². The van der Waals surface area contributed by atoms with Gasteiger partial charge in [-0.15, -0.1) is 48.0 Å². The van der Waals surface area contributed by atoms with Gasteiger partial charge in [0.2, 0.25) is 11.8 Å². The molecular weight excluding hydrogens is 1260 g/mol. The van der Waals surface area contributed by atoms with Crippen LogP contribution in [0.25, 0.3) is 0 Å². The predicted molar refractivity (Wildman–Crippen MR) is 295 cm³/mol. The molecule has 0 saturated carbocycles. The summed E-state index contributed by atoms with van der Waals surface area (Å²) in [7, 11) is 0. The molecule has 20 heteroatoms. The number of carboxylic acid groups (broad SMARTS) is 2. The molecule has 0 aromatic carbocycles. The van der Waals surface area contributed by atoms with E-state index in [1.807, 2.05) is 0 Å². The molecule has 0 saturated heterocycles. The zero-order valence-corrected chi connectivity index (χ0v) is 50.7. The van der Waals surface area contributed by atoms with Crippen LogP contribution in [0.15, 0.2) is 12.3 Å². The summed E-state index contributed by atoms with van der Waals surface area (Å²) in [6, 6.07) is -1.04. The topological polar surface area (TPSA) is 246 Å². The number of unbranched alkanes of at least 4 members (excludes halogenated alkanes) is 13. The molecule has 63 heavy (non-hydrogen) atoms. The third kappa shape index (κ3) is 81.5. The van der Waals surface area contributed by atoms with Crippen LogP contribution in [0.2, 0.25) is 0 Å². The van der Waals surface area contributed by atoms with E-state index in [9.17, 15) is 29.4 Å². The maximum atomic E-state index is 12.4. The summed E-state index contributed by atoms with van der Waals surface area (Å²) in [6.07, 6.45) is 22.4. The van der Waals surface area contributed by atoms with Crippen LogP contribution in [0.5, 0.6) is 0 Å². The standard InChI is InChI=1S/C35H65N3O7.C4H10.4CH4.2HI.H3NO.H3N.2H2S.V.2Y.2H2/c1-4-20-29(21-5-2)37-31(35(44)45)22-18-19-27-36-32(40)26-25-30(28(3)39)38-33(41)23-16-14-12-10-8-6-7-9-11-13-15-17-24-34(42)43;1-3-4-2;;;;;;;1-2;;;;;;;;/h29-31,37,39H,3-27H2,1-2H3,(H,36,40)(H,38,41)(H,42,43)(H,44,45);3-4H2,1-2H3;4*1H4;2*1H;2H,1H2;1H3;2*1H2;;;;2*1H/t30-,31-;;;;;;;;;;;;;;;;/m0................/s1/i;;;;;;;;;;;;;;;1+2;. The van der Waals surface area contributed by atoms with E-state index in [1.54, 1.807) is 0 Å². The third-order valence-electron chi connectivity index (χ3n) is 8.69. The zero-order chi connectivity index (χ0) is 39.1. The zero-order valence-electron chi connectivity index (χ0n) is 36.9. The predicted octanol–water partition coefficient (Wildman–Crippen LogP) is 13.0. The first-order valence-corrected chi connectivity index (χ1v) is 19.9. The van der Waals surface area contributed by atoms with Gasteiger partial charge < -0.3 is 42.6 Å². The van der Waals surface area contributed by atoms with Gasteiger partial charge in [0.05, 0.1) is 6.04 Å². The minimum Gasteiger partial charge on any atom is -0.511 e. The fourth-order valence-corrected chi connectivity index (χ4v) is 5.55. The monoisotopic (exact) mass is 1370 g/mol. The fraction of sp³-hybridized carbons (Fsp3) is 0.860. The van der Waals surface area contributed by atoms with Crippen LogP contribution in [0.4, 0.5) is 0 Å². The van der Waals surface area contributed by atoms with Crippen LogP contribution in [0.1, 0.15) is 221 Å². The number of aliphatic carboxylic acids is 2. The molecule has 2 amide bonds. The molecule has 0 aliphatic carbocycles. The molecular formula is C43H107I2N5O8S2VY2. The molecule has 0 aliphatic rings. The molecule has 0 unspecified atom stereocenters. The van der Waals surface area contributed by atoms with Crippen LogP contribution in [-0.2, 0) is 103 Å². The van der Waals surface area contributed by atoms with E-state index in [4.69, 9.17) is 10.3 Å². The third-order valence-corrected chi connectivity index (χ3v) is 8.69. The summed E-state index contributed by atoms with van der Waals surface area (Å²) < 4.78 is 0. The van der Waals surface area contributed by atoms with Gasteiger partial charge in [0, 0.05) is 119 Å². The van der Waals surface area contributed by atoms with E-state index in [0.29, 0.717) is 32.2 Å². The number of carbonyl (C=O) groups excluding carboxylic acids is 2. The van der Waals surface area contributed by atoms with E-state index in [1.165, 1.54) is 44.9 Å². The number of aliphatic hydroxyl groups excluding tert-OH is 1. The molecule has 13 nitrogen and oxygen atoms in total. The van der Waals surface area contributed by atoms with Crippen LogP contribution < -0.4 is 28.0 Å². The molecule has 389 valence electrons. The Hall–Kier alpha value is 2.21. The summed E-state index contributed by atoms with van der Waals surface area (Å²) in [6.45, 7) is 12.6. The molecule has 0 heterocycles. The summed E-state index contributed by atoms with van der Waals surface area (Å²) in [4.78, 5) is 46.9. The number of carbonyl (C=O) groups is 4. The largest absolute Gasteiger partial charge is 0.511 e. The Kier molecular flexibility index (Phi) is 142. The number of hydrogen-bond acceptors (Lipinski definition) is 9. The van der Waals surface area contributed by atoms with Crippen molar-refractivity contribution in [3.8, 4) is 0 Å². The quantitative estimate of drug-likeness (QED) is 0.0129. The maximum absolute atomic E-state index is 12.4. The maximum Gasteiger partial charge on any atom is 0.320 e. The molecule has 0 aromatic rings. The summed E-state index contributed by atoms with van der Waals surface area (Å²) in [5.74, 6) is 1.47. The molecule has 0 bridgehead atoms. The van der Waals surface area contributed by atoms with Crippen LogP contribution in [0.3, 0.4) is 0 Å². The number of nitrogens with one attached hydrogen (secondary N) is 3. The second-order valence-corrected chi connectivity index (χ2v) is 13.5. The van der Waals surface area contributed by atoms with E-state index >= 15 is 0 Å². The summed E-state index contributed by atoms with van der Waals surface area (Å²) in [5, 5.41) is 43.6. The van der Waals surface area contributed by atoms with Gasteiger partial charge in [0.1, 0.15) is 11.8 Å². The molecule has 3 radical (unpaired) electrons. The second-order valence-electron chi connectivity index (χ2n) is 13.5. The summed E-state index contributed by atoms with van der Waals surface area (Å²) in [5.41, 5.74) is 0. The van der Waals surface area contributed by atoms with Crippen molar-refractivity contribution in [1.29, 1.82) is 0 Å². The molecule has 2 atom stereocenters. The van der Waals surface area contributed by atoms with Crippen molar-refractivity contribution >= 4 is 98.7 Å². The number of halogens is 2. The van der Waals surface area contributed by atoms with Gasteiger partial charge >= 0.3 is 11.9 Å². The fourth-order valence-electron chi connectivity index (χ4n) is 5.55. The Morgan fingerprint density at radius 3 is 1.29 bits per heavy atom. The Bertz CT molecular complexity index is 914. The second kappa shape index (κ2) is 84.2. The van der Waals surface area contributed by atoms with E-state index in [0.717, 1.165) is 70.6 Å². The van der Waals surface area contributed by atoms with Gasteiger partial charge in [-0.05, 0) is 51.4 Å². The van der Waals surface area contributed by atoms with Crippen LogP contribution in [-0.4, -0.2) is 69.0 Å².